The van der Waals surface area contributed by atoms with Gasteiger partial charge in [-0.2, -0.15) is 5.10 Å². The first-order chi connectivity index (χ1) is 8.00. The lowest BCUT2D eigenvalue weighted by Crippen LogP contribution is -2.06. The number of aromatic nitrogens is 4. The minimum atomic E-state index is -1.10. The molecular formula is C10H9BrN4O2. The Balaban J connectivity index is 2.47. The van der Waals surface area contributed by atoms with Crippen molar-refractivity contribution in [2.45, 2.75) is 13.8 Å². The van der Waals surface area contributed by atoms with Crippen molar-refractivity contribution in [3.8, 4) is 5.82 Å². The van der Waals surface area contributed by atoms with E-state index in [1.165, 1.54) is 12.4 Å². The molecule has 0 aliphatic heterocycles. The topological polar surface area (TPSA) is 80.9 Å². The minimum absolute atomic E-state index is 0.0886. The van der Waals surface area contributed by atoms with Crippen LogP contribution in [0.3, 0.4) is 0 Å². The van der Waals surface area contributed by atoms with Gasteiger partial charge < -0.3 is 5.11 Å². The smallest absolute Gasteiger partial charge is 0.356 e. The Labute approximate surface area is 105 Å². The van der Waals surface area contributed by atoms with E-state index in [2.05, 4.69) is 31.0 Å². The van der Waals surface area contributed by atoms with E-state index in [4.69, 9.17) is 5.11 Å². The second-order valence-corrected chi connectivity index (χ2v) is 4.25. The van der Waals surface area contributed by atoms with Gasteiger partial charge in [0.25, 0.3) is 0 Å². The van der Waals surface area contributed by atoms with Crippen LogP contribution in [-0.4, -0.2) is 30.8 Å². The van der Waals surface area contributed by atoms with E-state index in [9.17, 15) is 4.79 Å². The first-order valence-corrected chi connectivity index (χ1v) is 5.57. The predicted molar refractivity (Wildman–Crippen MR) is 63.3 cm³/mol. The van der Waals surface area contributed by atoms with Crippen molar-refractivity contribution in [1.82, 2.24) is 19.7 Å². The van der Waals surface area contributed by atoms with Crippen LogP contribution in [0.2, 0.25) is 0 Å². The molecule has 0 fully saturated rings. The van der Waals surface area contributed by atoms with E-state index in [-0.39, 0.29) is 5.69 Å². The molecule has 2 heterocycles. The summed E-state index contributed by atoms with van der Waals surface area (Å²) in [5.74, 6) is -0.611. The molecular weight excluding hydrogens is 288 g/mol. The highest BCUT2D eigenvalue weighted by Gasteiger charge is 2.12. The van der Waals surface area contributed by atoms with E-state index in [0.717, 1.165) is 15.9 Å². The Hall–Kier alpha value is -1.76. The maximum Gasteiger partial charge on any atom is 0.356 e. The molecule has 17 heavy (non-hydrogen) atoms. The van der Waals surface area contributed by atoms with Gasteiger partial charge in [-0.25, -0.2) is 19.4 Å². The maximum atomic E-state index is 10.6. The number of carboxylic acids is 1. The molecule has 0 aliphatic carbocycles. The standard InChI is InChI=1S/C10H9BrN4O2/c1-5-9(11)6(2)15(14-5)8-4-12-7(3-13-8)10(16)17/h3-4H,1-2H3,(H,16,17). The summed E-state index contributed by atoms with van der Waals surface area (Å²) in [7, 11) is 0. The van der Waals surface area contributed by atoms with E-state index in [1.54, 1.807) is 4.68 Å². The molecule has 0 atom stereocenters. The molecule has 0 bridgehead atoms. The molecule has 0 aromatic carbocycles. The predicted octanol–water partition coefficient (Wildman–Crippen LogP) is 1.74. The van der Waals surface area contributed by atoms with Crippen LogP contribution in [0.5, 0.6) is 0 Å². The molecule has 2 aromatic heterocycles. The lowest BCUT2D eigenvalue weighted by molar-refractivity contribution is 0.0690. The summed E-state index contributed by atoms with van der Waals surface area (Å²) < 4.78 is 2.51. The largest absolute Gasteiger partial charge is 0.476 e. The molecule has 0 spiro atoms. The summed E-state index contributed by atoms with van der Waals surface area (Å²) in [6, 6.07) is 0. The average Bonchev–Trinajstić information content (AvgIpc) is 2.57. The number of aryl methyl sites for hydroxylation is 1. The first-order valence-electron chi connectivity index (χ1n) is 4.78. The average molecular weight is 297 g/mol. The van der Waals surface area contributed by atoms with Crippen LogP contribution in [0.4, 0.5) is 0 Å². The first kappa shape index (κ1) is 11.7. The van der Waals surface area contributed by atoms with E-state index < -0.39 is 5.97 Å². The fourth-order valence-corrected chi connectivity index (χ4v) is 1.64. The molecule has 0 amide bonds. The van der Waals surface area contributed by atoms with E-state index >= 15 is 0 Å². The zero-order valence-electron chi connectivity index (χ0n) is 9.18. The Bertz CT molecular complexity index is 577. The molecule has 0 saturated carbocycles. The number of carbonyl (C=O) groups is 1. The normalized spacial score (nSPS) is 10.5. The van der Waals surface area contributed by atoms with Crippen molar-refractivity contribution in [2.24, 2.45) is 0 Å². The lowest BCUT2D eigenvalue weighted by atomic mass is 10.4. The highest BCUT2D eigenvalue weighted by Crippen LogP contribution is 2.21. The molecule has 1 N–H and O–H groups in total. The van der Waals surface area contributed by atoms with Crippen molar-refractivity contribution in [2.75, 3.05) is 0 Å². The molecule has 7 heteroatoms. The van der Waals surface area contributed by atoms with Crippen LogP contribution in [-0.2, 0) is 0 Å². The maximum absolute atomic E-state index is 10.6. The third-order valence-electron chi connectivity index (χ3n) is 2.28. The SMILES string of the molecule is Cc1nn(-c2cnc(C(=O)O)cn2)c(C)c1Br. The van der Waals surface area contributed by atoms with Crippen LogP contribution in [0.15, 0.2) is 16.9 Å². The van der Waals surface area contributed by atoms with Crippen molar-refractivity contribution < 1.29 is 9.90 Å². The van der Waals surface area contributed by atoms with E-state index in [1.807, 2.05) is 13.8 Å². The van der Waals surface area contributed by atoms with Gasteiger partial charge in [-0.1, -0.05) is 0 Å². The van der Waals surface area contributed by atoms with Crippen LogP contribution >= 0.6 is 15.9 Å². The molecule has 2 aromatic rings. The Morgan fingerprint density at radius 1 is 1.35 bits per heavy atom. The van der Waals surface area contributed by atoms with Gasteiger partial charge in [-0.3, -0.25) is 0 Å². The van der Waals surface area contributed by atoms with Crippen LogP contribution in [0, 0.1) is 13.8 Å². The Kier molecular flexibility index (Phi) is 2.93. The molecule has 2 rings (SSSR count). The summed E-state index contributed by atoms with van der Waals surface area (Å²) in [5, 5.41) is 13.0. The fraction of sp³-hybridized carbons (Fsp3) is 0.200. The van der Waals surface area contributed by atoms with Crippen molar-refractivity contribution in [3.05, 3.63) is 33.9 Å². The number of halogens is 1. The molecule has 88 valence electrons. The zero-order valence-corrected chi connectivity index (χ0v) is 10.8. The fourth-order valence-electron chi connectivity index (χ4n) is 1.39. The van der Waals surface area contributed by atoms with Crippen LogP contribution in [0.1, 0.15) is 21.9 Å². The lowest BCUT2D eigenvalue weighted by Gasteiger charge is -2.02. The molecule has 0 saturated heterocycles. The van der Waals surface area contributed by atoms with Crippen LogP contribution in [0.25, 0.3) is 5.82 Å². The Morgan fingerprint density at radius 3 is 2.47 bits per heavy atom. The number of carboxylic acid groups (broad SMARTS) is 1. The van der Waals surface area contributed by atoms with Gasteiger partial charge in [-0.05, 0) is 29.8 Å². The summed E-state index contributed by atoms with van der Waals surface area (Å²) in [6.07, 6.45) is 2.59. The molecule has 0 unspecified atom stereocenters. The summed E-state index contributed by atoms with van der Waals surface area (Å²) in [5.41, 5.74) is 1.64. The van der Waals surface area contributed by atoms with Gasteiger partial charge in [0.2, 0.25) is 0 Å². The van der Waals surface area contributed by atoms with Gasteiger partial charge in [0.15, 0.2) is 11.5 Å². The second-order valence-electron chi connectivity index (χ2n) is 3.46. The summed E-state index contributed by atoms with van der Waals surface area (Å²) in [6.45, 7) is 3.75. The minimum Gasteiger partial charge on any atom is -0.476 e. The number of hydrogen-bond donors (Lipinski definition) is 1. The number of nitrogens with zero attached hydrogens (tertiary/aromatic N) is 4. The monoisotopic (exact) mass is 296 g/mol. The summed E-state index contributed by atoms with van der Waals surface area (Å²) >= 11 is 3.41. The highest BCUT2D eigenvalue weighted by molar-refractivity contribution is 9.10. The third-order valence-corrected chi connectivity index (χ3v) is 3.42. The number of rotatable bonds is 2. The highest BCUT2D eigenvalue weighted by atomic mass is 79.9. The quantitative estimate of drug-likeness (QED) is 0.913. The van der Waals surface area contributed by atoms with Crippen molar-refractivity contribution in [1.29, 1.82) is 0 Å². The molecule has 6 nitrogen and oxygen atoms in total. The van der Waals surface area contributed by atoms with Gasteiger partial charge in [0, 0.05) is 0 Å². The van der Waals surface area contributed by atoms with E-state index in [0.29, 0.717) is 5.82 Å². The number of hydrogen-bond acceptors (Lipinski definition) is 4. The van der Waals surface area contributed by atoms with Crippen molar-refractivity contribution >= 4 is 21.9 Å². The zero-order chi connectivity index (χ0) is 12.6. The van der Waals surface area contributed by atoms with Crippen LogP contribution < -0.4 is 0 Å². The van der Waals surface area contributed by atoms with Gasteiger partial charge in [-0.15, -0.1) is 0 Å². The summed E-state index contributed by atoms with van der Waals surface area (Å²) in [4.78, 5) is 18.5. The van der Waals surface area contributed by atoms with Gasteiger partial charge in [0.05, 0.1) is 28.3 Å². The van der Waals surface area contributed by atoms with Gasteiger partial charge >= 0.3 is 5.97 Å². The van der Waals surface area contributed by atoms with Gasteiger partial charge in [0.1, 0.15) is 0 Å². The Morgan fingerprint density at radius 2 is 2.06 bits per heavy atom. The number of aromatic carboxylic acids is 1. The van der Waals surface area contributed by atoms with Crippen molar-refractivity contribution in [3.63, 3.8) is 0 Å². The second kappa shape index (κ2) is 4.25. The molecule has 0 radical (unpaired) electrons. The third kappa shape index (κ3) is 2.05. The molecule has 0 aliphatic rings.